The van der Waals surface area contributed by atoms with Gasteiger partial charge in [0.2, 0.25) is 0 Å². The third-order valence-electron chi connectivity index (χ3n) is 3.32. The van der Waals surface area contributed by atoms with Crippen molar-refractivity contribution < 1.29 is 17.3 Å². The minimum atomic E-state index is -3.64. The molecule has 0 aromatic heterocycles. The number of ether oxygens (including phenoxy) is 1. The van der Waals surface area contributed by atoms with Gasteiger partial charge in [0.25, 0.3) is 10.1 Å². The van der Waals surface area contributed by atoms with Crippen LogP contribution in [-0.2, 0) is 19.0 Å². The Bertz CT molecular complexity index is 505. The van der Waals surface area contributed by atoms with Gasteiger partial charge in [0.15, 0.2) is 0 Å². The van der Waals surface area contributed by atoms with E-state index in [-0.39, 0.29) is 17.4 Å². The van der Waals surface area contributed by atoms with E-state index in [0.29, 0.717) is 24.7 Å². The van der Waals surface area contributed by atoms with Crippen LogP contribution in [0.25, 0.3) is 0 Å². The Kier molecular flexibility index (Phi) is 4.04. The molecule has 100 valence electrons. The predicted molar refractivity (Wildman–Crippen MR) is 67.8 cm³/mol. The zero-order valence-electron chi connectivity index (χ0n) is 10.6. The summed E-state index contributed by atoms with van der Waals surface area (Å²) in [5, 5.41) is 0. The second-order valence-corrected chi connectivity index (χ2v) is 6.36. The maximum absolute atomic E-state index is 12.0. The standard InChI is InChI=1S/C13H18O4S/c1-10-5-3-4-6-13(10)18(14,15)17-7-11(2)12-8-16-9-12/h3-6,11-12H,7-9H2,1-2H3. The van der Waals surface area contributed by atoms with Gasteiger partial charge in [-0.05, 0) is 24.5 Å². The van der Waals surface area contributed by atoms with E-state index >= 15 is 0 Å². The van der Waals surface area contributed by atoms with Crippen molar-refractivity contribution in [2.24, 2.45) is 11.8 Å². The fraction of sp³-hybridized carbons (Fsp3) is 0.538. The van der Waals surface area contributed by atoms with Crippen LogP contribution < -0.4 is 0 Å². The van der Waals surface area contributed by atoms with Crippen molar-refractivity contribution in [3.05, 3.63) is 29.8 Å². The van der Waals surface area contributed by atoms with Crippen molar-refractivity contribution in [1.29, 1.82) is 0 Å². The fourth-order valence-corrected chi connectivity index (χ4v) is 3.04. The second-order valence-electron chi connectivity index (χ2n) is 4.78. The maximum Gasteiger partial charge on any atom is 0.297 e. The van der Waals surface area contributed by atoms with Gasteiger partial charge in [0.05, 0.1) is 24.7 Å². The van der Waals surface area contributed by atoms with Gasteiger partial charge in [0.1, 0.15) is 0 Å². The average molecular weight is 270 g/mol. The van der Waals surface area contributed by atoms with Crippen molar-refractivity contribution in [3.8, 4) is 0 Å². The fourth-order valence-electron chi connectivity index (χ4n) is 1.82. The number of hydrogen-bond acceptors (Lipinski definition) is 4. The Morgan fingerprint density at radius 1 is 1.39 bits per heavy atom. The largest absolute Gasteiger partial charge is 0.381 e. The molecular formula is C13H18O4S. The van der Waals surface area contributed by atoms with Gasteiger partial charge in [-0.3, -0.25) is 4.18 Å². The first-order valence-electron chi connectivity index (χ1n) is 6.03. The molecule has 1 atom stereocenters. The van der Waals surface area contributed by atoms with Crippen LogP contribution in [-0.4, -0.2) is 28.2 Å². The van der Waals surface area contributed by atoms with E-state index in [1.165, 1.54) is 0 Å². The summed E-state index contributed by atoms with van der Waals surface area (Å²) in [6.45, 7) is 5.37. The molecule has 0 amide bonds. The van der Waals surface area contributed by atoms with E-state index in [2.05, 4.69) is 0 Å². The van der Waals surface area contributed by atoms with Crippen LogP contribution >= 0.6 is 0 Å². The molecule has 1 aromatic carbocycles. The normalized spacial score (nSPS) is 18.3. The lowest BCUT2D eigenvalue weighted by atomic mass is 9.94. The van der Waals surface area contributed by atoms with Crippen LogP contribution in [0.15, 0.2) is 29.2 Å². The third kappa shape index (κ3) is 2.91. The summed E-state index contributed by atoms with van der Waals surface area (Å²) >= 11 is 0. The Morgan fingerprint density at radius 2 is 2.06 bits per heavy atom. The number of aryl methyl sites for hydroxylation is 1. The van der Waals surface area contributed by atoms with E-state index in [0.717, 1.165) is 0 Å². The van der Waals surface area contributed by atoms with Crippen LogP contribution in [0.1, 0.15) is 12.5 Å². The molecule has 1 saturated heterocycles. The first-order valence-corrected chi connectivity index (χ1v) is 7.44. The Labute approximate surface area is 108 Å². The smallest absolute Gasteiger partial charge is 0.297 e. The van der Waals surface area contributed by atoms with Crippen LogP contribution in [0.5, 0.6) is 0 Å². The minimum Gasteiger partial charge on any atom is -0.381 e. The van der Waals surface area contributed by atoms with Gasteiger partial charge >= 0.3 is 0 Å². The molecule has 1 heterocycles. The highest BCUT2D eigenvalue weighted by molar-refractivity contribution is 7.86. The number of benzene rings is 1. The topological polar surface area (TPSA) is 52.6 Å². The summed E-state index contributed by atoms with van der Waals surface area (Å²) in [6.07, 6.45) is 0. The first kappa shape index (κ1) is 13.5. The summed E-state index contributed by atoms with van der Waals surface area (Å²) in [7, 11) is -3.64. The molecule has 1 aromatic rings. The van der Waals surface area contributed by atoms with Gasteiger partial charge in [-0.2, -0.15) is 8.42 Å². The molecule has 5 heteroatoms. The molecule has 1 aliphatic heterocycles. The molecule has 1 fully saturated rings. The van der Waals surface area contributed by atoms with Gasteiger partial charge in [-0.25, -0.2) is 0 Å². The summed E-state index contributed by atoms with van der Waals surface area (Å²) in [5.41, 5.74) is 0.706. The van der Waals surface area contributed by atoms with E-state index in [1.54, 1.807) is 25.1 Å². The summed E-state index contributed by atoms with van der Waals surface area (Å²) in [5.74, 6) is 0.606. The Hall–Kier alpha value is -0.910. The quantitative estimate of drug-likeness (QED) is 0.768. The van der Waals surface area contributed by atoms with E-state index in [4.69, 9.17) is 8.92 Å². The maximum atomic E-state index is 12.0. The van der Waals surface area contributed by atoms with Crippen molar-refractivity contribution in [1.82, 2.24) is 0 Å². The van der Waals surface area contributed by atoms with E-state index in [1.807, 2.05) is 13.0 Å². The highest BCUT2D eigenvalue weighted by Gasteiger charge is 2.27. The molecule has 0 bridgehead atoms. The third-order valence-corrected chi connectivity index (χ3v) is 4.76. The summed E-state index contributed by atoms with van der Waals surface area (Å²) in [4.78, 5) is 0.252. The van der Waals surface area contributed by atoms with Gasteiger partial charge in [0, 0.05) is 5.92 Å². The van der Waals surface area contributed by atoms with Crippen LogP contribution in [0, 0.1) is 18.8 Å². The molecule has 1 aliphatic rings. The molecule has 18 heavy (non-hydrogen) atoms. The highest BCUT2D eigenvalue weighted by Crippen LogP contribution is 2.23. The number of rotatable bonds is 5. The van der Waals surface area contributed by atoms with Crippen LogP contribution in [0.2, 0.25) is 0 Å². The van der Waals surface area contributed by atoms with Crippen molar-refractivity contribution in [2.75, 3.05) is 19.8 Å². The zero-order valence-corrected chi connectivity index (χ0v) is 11.4. The molecule has 0 saturated carbocycles. The lowest BCUT2D eigenvalue weighted by Crippen LogP contribution is -2.35. The molecule has 0 spiro atoms. The van der Waals surface area contributed by atoms with E-state index in [9.17, 15) is 8.42 Å². The van der Waals surface area contributed by atoms with Crippen molar-refractivity contribution in [3.63, 3.8) is 0 Å². The van der Waals surface area contributed by atoms with Gasteiger partial charge in [-0.15, -0.1) is 0 Å². The van der Waals surface area contributed by atoms with Crippen LogP contribution in [0.3, 0.4) is 0 Å². The van der Waals surface area contributed by atoms with Crippen molar-refractivity contribution >= 4 is 10.1 Å². The SMILES string of the molecule is Cc1ccccc1S(=O)(=O)OCC(C)C1COC1. The molecule has 4 nitrogen and oxygen atoms in total. The van der Waals surface area contributed by atoms with Crippen molar-refractivity contribution in [2.45, 2.75) is 18.7 Å². The predicted octanol–water partition coefficient (Wildman–Crippen LogP) is 1.98. The molecule has 1 unspecified atom stereocenters. The first-order chi connectivity index (χ1) is 8.50. The molecular weight excluding hydrogens is 252 g/mol. The Morgan fingerprint density at radius 3 is 2.61 bits per heavy atom. The molecule has 0 aliphatic carbocycles. The lowest BCUT2D eigenvalue weighted by molar-refractivity contribution is -0.0640. The molecule has 2 rings (SSSR count). The Balaban J connectivity index is 2.01. The molecule has 0 radical (unpaired) electrons. The average Bonchev–Trinajstić information content (AvgIpc) is 2.24. The minimum absolute atomic E-state index is 0.192. The van der Waals surface area contributed by atoms with Crippen LogP contribution in [0.4, 0.5) is 0 Å². The number of hydrogen-bond donors (Lipinski definition) is 0. The summed E-state index contributed by atoms with van der Waals surface area (Å²) in [6, 6.07) is 6.84. The second kappa shape index (κ2) is 5.38. The zero-order chi connectivity index (χ0) is 13.2. The monoisotopic (exact) mass is 270 g/mol. The highest BCUT2D eigenvalue weighted by atomic mass is 32.2. The van der Waals surface area contributed by atoms with E-state index < -0.39 is 10.1 Å². The molecule has 0 N–H and O–H groups in total. The lowest BCUT2D eigenvalue weighted by Gasteiger charge is -2.31. The van der Waals surface area contributed by atoms with Gasteiger partial charge in [-0.1, -0.05) is 25.1 Å². The summed E-state index contributed by atoms with van der Waals surface area (Å²) < 4.78 is 34.3. The van der Waals surface area contributed by atoms with Gasteiger partial charge < -0.3 is 4.74 Å².